The summed E-state index contributed by atoms with van der Waals surface area (Å²) in [7, 11) is -3.92. The van der Waals surface area contributed by atoms with Crippen LogP contribution in [0.4, 0.5) is 17.3 Å². The average molecular weight is 597 g/mol. The fourth-order valence-electron chi connectivity index (χ4n) is 4.95. The highest BCUT2D eigenvalue weighted by molar-refractivity contribution is 9.10. The average Bonchev–Trinajstić information content (AvgIpc) is 3.36. The van der Waals surface area contributed by atoms with Gasteiger partial charge in [-0.05, 0) is 48.0 Å². The molecule has 12 heteroatoms. The van der Waals surface area contributed by atoms with Crippen LogP contribution in [0.5, 0.6) is 0 Å². The third-order valence-corrected chi connectivity index (χ3v) is 8.72. The SMILES string of the molecule is Nc1ncnc2nc(NS(=O)(=O)c3ccc(N4CCC5(CC4)OCCO5)cc3)cc(-c3cccc(Br)c3)c12. The second-order valence-electron chi connectivity index (χ2n) is 9.22. The Morgan fingerprint density at radius 3 is 2.45 bits per heavy atom. The number of pyridine rings is 1. The van der Waals surface area contributed by atoms with Crippen molar-refractivity contribution < 1.29 is 17.9 Å². The van der Waals surface area contributed by atoms with Crippen molar-refractivity contribution in [2.75, 3.05) is 41.7 Å². The van der Waals surface area contributed by atoms with Crippen molar-refractivity contribution in [1.29, 1.82) is 0 Å². The van der Waals surface area contributed by atoms with Crippen molar-refractivity contribution in [2.45, 2.75) is 23.5 Å². The summed E-state index contributed by atoms with van der Waals surface area (Å²) in [5.74, 6) is -0.0643. The Kier molecular flexibility index (Phi) is 6.42. The van der Waals surface area contributed by atoms with Gasteiger partial charge in [0.15, 0.2) is 11.4 Å². The highest BCUT2D eigenvalue weighted by Gasteiger charge is 2.39. The van der Waals surface area contributed by atoms with Crippen LogP contribution in [0.1, 0.15) is 12.8 Å². The molecule has 4 aromatic rings. The number of hydrogen-bond acceptors (Lipinski definition) is 9. The first-order valence-corrected chi connectivity index (χ1v) is 14.4. The van der Waals surface area contributed by atoms with Gasteiger partial charge in [0.2, 0.25) is 0 Å². The van der Waals surface area contributed by atoms with Gasteiger partial charge in [0.1, 0.15) is 18.0 Å². The van der Waals surface area contributed by atoms with E-state index in [1.54, 1.807) is 18.2 Å². The number of ether oxygens (including phenoxy) is 2. The van der Waals surface area contributed by atoms with E-state index in [1.807, 2.05) is 36.4 Å². The Balaban J connectivity index is 1.26. The van der Waals surface area contributed by atoms with E-state index in [9.17, 15) is 8.42 Å². The quantitative estimate of drug-likeness (QED) is 0.348. The number of sulfonamides is 1. The number of rotatable bonds is 5. The van der Waals surface area contributed by atoms with Gasteiger partial charge in [0.25, 0.3) is 10.0 Å². The predicted octanol–water partition coefficient (Wildman–Crippen LogP) is 4.18. The first kappa shape index (κ1) is 25.0. The lowest BCUT2D eigenvalue weighted by molar-refractivity contribution is -0.169. The summed E-state index contributed by atoms with van der Waals surface area (Å²) in [4.78, 5) is 15.1. The molecule has 3 N–H and O–H groups in total. The first-order valence-electron chi connectivity index (χ1n) is 12.1. The van der Waals surface area contributed by atoms with Crippen LogP contribution in [0, 0.1) is 0 Å². The number of piperidine rings is 1. The van der Waals surface area contributed by atoms with Crippen molar-refractivity contribution in [3.8, 4) is 11.1 Å². The molecule has 2 aliphatic heterocycles. The second-order valence-corrected chi connectivity index (χ2v) is 11.8. The van der Waals surface area contributed by atoms with Crippen LogP contribution in [0.2, 0.25) is 0 Å². The normalized spacial score (nSPS) is 17.2. The number of anilines is 3. The lowest BCUT2D eigenvalue weighted by Crippen LogP contribution is -2.45. The molecule has 6 rings (SSSR count). The molecule has 0 aliphatic carbocycles. The van der Waals surface area contributed by atoms with Gasteiger partial charge in [-0.3, -0.25) is 4.72 Å². The van der Waals surface area contributed by atoms with Crippen molar-refractivity contribution >= 4 is 54.3 Å². The van der Waals surface area contributed by atoms with E-state index in [2.05, 4.69) is 40.5 Å². The van der Waals surface area contributed by atoms with E-state index < -0.39 is 15.8 Å². The van der Waals surface area contributed by atoms with Gasteiger partial charge >= 0.3 is 0 Å². The Morgan fingerprint density at radius 1 is 1.00 bits per heavy atom. The molecule has 0 saturated carbocycles. The summed E-state index contributed by atoms with van der Waals surface area (Å²) in [5.41, 5.74) is 8.87. The van der Waals surface area contributed by atoms with Crippen molar-refractivity contribution in [3.05, 3.63) is 65.4 Å². The number of fused-ring (bicyclic) bond motifs is 1. The van der Waals surface area contributed by atoms with E-state index in [4.69, 9.17) is 15.2 Å². The Bertz CT molecular complexity index is 1600. The number of hydrogen-bond donors (Lipinski definition) is 2. The van der Waals surface area contributed by atoms with Gasteiger partial charge < -0.3 is 20.1 Å². The van der Waals surface area contributed by atoms with Crippen molar-refractivity contribution in [1.82, 2.24) is 15.0 Å². The summed E-state index contributed by atoms with van der Waals surface area (Å²) < 4.78 is 41.7. The van der Waals surface area contributed by atoms with Crippen molar-refractivity contribution in [2.24, 2.45) is 0 Å². The second kappa shape index (κ2) is 9.77. The molecule has 196 valence electrons. The van der Waals surface area contributed by atoms with E-state index in [1.165, 1.54) is 6.33 Å². The minimum absolute atomic E-state index is 0.130. The smallest absolute Gasteiger partial charge is 0.263 e. The summed E-state index contributed by atoms with van der Waals surface area (Å²) >= 11 is 3.48. The maximum absolute atomic E-state index is 13.3. The third-order valence-electron chi connectivity index (χ3n) is 6.86. The molecule has 2 aromatic heterocycles. The van der Waals surface area contributed by atoms with Gasteiger partial charge in [0, 0.05) is 41.7 Å². The van der Waals surface area contributed by atoms with Crippen LogP contribution in [0.3, 0.4) is 0 Å². The molecular weight excluding hydrogens is 572 g/mol. The van der Waals surface area contributed by atoms with E-state index in [0.29, 0.717) is 29.8 Å². The summed E-state index contributed by atoms with van der Waals surface area (Å²) in [6.07, 6.45) is 2.85. The number of halogens is 1. The highest BCUT2D eigenvalue weighted by atomic mass is 79.9. The number of nitrogen functional groups attached to an aromatic ring is 1. The van der Waals surface area contributed by atoms with Gasteiger partial charge in [-0.15, -0.1) is 0 Å². The molecule has 0 bridgehead atoms. The fraction of sp³-hybridized carbons (Fsp3) is 0.269. The zero-order valence-corrected chi connectivity index (χ0v) is 22.7. The molecule has 38 heavy (non-hydrogen) atoms. The fourth-order valence-corrected chi connectivity index (χ4v) is 6.34. The number of benzene rings is 2. The highest BCUT2D eigenvalue weighted by Crippen LogP contribution is 2.35. The topological polar surface area (TPSA) is 133 Å². The Morgan fingerprint density at radius 2 is 1.74 bits per heavy atom. The number of aromatic nitrogens is 3. The van der Waals surface area contributed by atoms with Crippen LogP contribution < -0.4 is 15.4 Å². The molecule has 2 saturated heterocycles. The molecule has 2 aliphatic rings. The molecular formula is C26H25BrN6O4S. The van der Waals surface area contributed by atoms with E-state index >= 15 is 0 Å². The molecule has 1 spiro atoms. The summed E-state index contributed by atoms with van der Waals surface area (Å²) in [5, 5.41) is 0.551. The molecule has 2 aromatic carbocycles. The minimum atomic E-state index is -3.92. The van der Waals surface area contributed by atoms with Crippen LogP contribution in [-0.4, -0.2) is 55.5 Å². The van der Waals surface area contributed by atoms with Gasteiger partial charge in [-0.1, -0.05) is 28.1 Å². The lowest BCUT2D eigenvalue weighted by Gasteiger charge is -2.38. The minimum Gasteiger partial charge on any atom is -0.383 e. The first-order chi connectivity index (χ1) is 18.3. The van der Waals surface area contributed by atoms with Gasteiger partial charge in [-0.25, -0.2) is 23.4 Å². The Labute approximate surface area is 228 Å². The van der Waals surface area contributed by atoms with Crippen LogP contribution in [0.25, 0.3) is 22.2 Å². The third kappa shape index (κ3) is 4.80. The predicted molar refractivity (Wildman–Crippen MR) is 148 cm³/mol. The number of nitrogens with zero attached hydrogens (tertiary/aromatic N) is 4. The van der Waals surface area contributed by atoms with E-state index in [-0.39, 0.29) is 16.5 Å². The molecule has 4 heterocycles. The van der Waals surface area contributed by atoms with Crippen LogP contribution in [0.15, 0.2) is 70.3 Å². The molecule has 2 fully saturated rings. The molecule has 10 nitrogen and oxygen atoms in total. The lowest BCUT2D eigenvalue weighted by atomic mass is 10.0. The molecule has 0 amide bonds. The maximum Gasteiger partial charge on any atom is 0.263 e. The monoisotopic (exact) mass is 596 g/mol. The largest absolute Gasteiger partial charge is 0.383 e. The maximum atomic E-state index is 13.3. The van der Waals surface area contributed by atoms with Gasteiger partial charge in [-0.2, -0.15) is 0 Å². The van der Waals surface area contributed by atoms with Crippen LogP contribution >= 0.6 is 15.9 Å². The van der Waals surface area contributed by atoms with E-state index in [0.717, 1.165) is 41.7 Å². The molecule has 0 radical (unpaired) electrons. The number of nitrogens with one attached hydrogen (secondary N) is 1. The summed E-state index contributed by atoms with van der Waals surface area (Å²) in [6.45, 7) is 2.82. The van der Waals surface area contributed by atoms with Gasteiger partial charge in [0.05, 0.1) is 23.5 Å². The molecule has 0 atom stereocenters. The Hall–Kier alpha value is -3.32. The van der Waals surface area contributed by atoms with Crippen LogP contribution in [-0.2, 0) is 19.5 Å². The number of nitrogens with two attached hydrogens (primary N) is 1. The van der Waals surface area contributed by atoms with Crippen molar-refractivity contribution in [3.63, 3.8) is 0 Å². The zero-order valence-electron chi connectivity index (χ0n) is 20.3. The molecule has 0 unspecified atom stereocenters. The zero-order chi connectivity index (χ0) is 26.3. The standard InChI is InChI=1S/C26H25BrN6O4S/c27-18-3-1-2-17(14-18)21-15-22(31-25-23(21)24(28)29-16-30-25)32-38(34,35)20-6-4-19(5-7-20)33-10-8-26(9-11-33)36-12-13-37-26/h1-7,14-16H,8-13H2,(H3,28,29,30,31,32). The summed E-state index contributed by atoms with van der Waals surface area (Å²) in [6, 6.07) is 16.1.